The lowest BCUT2D eigenvalue weighted by molar-refractivity contribution is 0.310. The molecule has 1 fully saturated rings. The minimum atomic E-state index is 0.315. The Bertz CT molecular complexity index is 458. The van der Waals surface area contributed by atoms with Crippen LogP contribution in [0.15, 0.2) is 29.8 Å². The topological polar surface area (TPSA) is 30.5 Å². The monoisotopic (exact) mass is 295 g/mol. The van der Waals surface area contributed by atoms with Crippen molar-refractivity contribution >= 4 is 11.6 Å². The second-order valence-corrected chi connectivity index (χ2v) is 5.61. The zero-order chi connectivity index (χ0) is 14.4. The first-order chi connectivity index (χ1) is 9.69. The van der Waals surface area contributed by atoms with Crippen molar-refractivity contribution in [3.05, 3.63) is 35.4 Å². The Kier molecular flexibility index (Phi) is 5.74. The number of hydrogen-bond donors (Lipinski definition) is 1. The molecule has 0 amide bonds. The molecule has 1 aliphatic rings. The summed E-state index contributed by atoms with van der Waals surface area (Å²) in [6.07, 6.45) is 3.53. The van der Waals surface area contributed by atoms with Gasteiger partial charge in [-0.1, -0.05) is 31.2 Å². The highest BCUT2D eigenvalue weighted by molar-refractivity contribution is 6.29. The van der Waals surface area contributed by atoms with Crippen molar-refractivity contribution in [3.63, 3.8) is 0 Å². The Hall–Kier alpha value is -1.19. The zero-order valence-electron chi connectivity index (χ0n) is 12.0. The molecule has 1 N–H and O–H groups in total. The van der Waals surface area contributed by atoms with E-state index in [1.165, 1.54) is 12.8 Å². The van der Waals surface area contributed by atoms with Crippen molar-refractivity contribution in [1.82, 2.24) is 5.32 Å². The van der Waals surface area contributed by atoms with Crippen LogP contribution in [0, 0.1) is 0 Å². The van der Waals surface area contributed by atoms with Crippen molar-refractivity contribution in [1.29, 1.82) is 0 Å². The molecule has 110 valence electrons. The molecule has 0 heterocycles. The van der Waals surface area contributed by atoms with Gasteiger partial charge in [0, 0.05) is 29.2 Å². The molecule has 3 nitrogen and oxygen atoms in total. The van der Waals surface area contributed by atoms with Crippen LogP contribution in [0.4, 0.5) is 0 Å². The highest BCUT2D eigenvalue weighted by atomic mass is 35.5. The van der Waals surface area contributed by atoms with Gasteiger partial charge in [-0.05, 0) is 25.3 Å². The maximum absolute atomic E-state index is 5.77. The van der Waals surface area contributed by atoms with E-state index in [4.69, 9.17) is 21.1 Å². The largest absolute Gasteiger partial charge is 0.493 e. The first-order valence-electron chi connectivity index (χ1n) is 7.14. The Morgan fingerprint density at radius 3 is 2.85 bits per heavy atom. The fourth-order valence-electron chi connectivity index (χ4n) is 1.82. The van der Waals surface area contributed by atoms with Gasteiger partial charge in [0.05, 0.1) is 6.61 Å². The molecule has 0 aromatic heterocycles. The summed E-state index contributed by atoms with van der Waals surface area (Å²) in [6.45, 7) is 7.57. The molecule has 0 spiro atoms. The fourth-order valence-corrected chi connectivity index (χ4v) is 1.88. The van der Waals surface area contributed by atoms with E-state index in [9.17, 15) is 0 Å². The maximum atomic E-state index is 5.77. The molecule has 2 rings (SSSR count). The molecule has 20 heavy (non-hydrogen) atoms. The van der Waals surface area contributed by atoms with E-state index >= 15 is 0 Å². The summed E-state index contributed by atoms with van der Waals surface area (Å²) in [7, 11) is 0. The number of rotatable bonds is 9. The zero-order valence-corrected chi connectivity index (χ0v) is 12.7. The molecular weight excluding hydrogens is 274 g/mol. The molecule has 1 saturated carbocycles. The summed E-state index contributed by atoms with van der Waals surface area (Å²) >= 11 is 5.77. The molecule has 0 saturated heterocycles. The highest BCUT2D eigenvalue weighted by Gasteiger charge is 2.20. The average molecular weight is 296 g/mol. The number of halogens is 1. The minimum absolute atomic E-state index is 0.315. The Morgan fingerprint density at radius 2 is 2.20 bits per heavy atom. The van der Waals surface area contributed by atoms with Gasteiger partial charge in [-0.2, -0.15) is 0 Å². The molecule has 4 heteroatoms. The average Bonchev–Trinajstić information content (AvgIpc) is 3.25. The summed E-state index contributed by atoms with van der Waals surface area (Å²) in [4.78, 5) is 0. The van der Waals surface area contributed by atoms with Crippen molar-refractivity contribution in [3.8, 4) is 11.5 Å². The lowest BCUT2D eigenvalue weighted by atomic mass is 10.2. The van der Waals surface area contributed by atoms with E-state index in [2.05, 4.69) is 18.8 Å². The second kappa shape index (κ2) is 7.55. The smallest absolute Gasteiger partial charge is 0.128 e. The van der Waals surface area contributed by atoms with Crippen LogP contribution in [0.25, 0.3) is 0 Å². The lowest BCUT2D eigenvalue weighted by Crippen LogP contribution is -2.16. The molecule has 0 bridgehead atoms. The molecule has 0 unspecified atom stereocenters. The van der Waals surface area contributed by atoms with E-state index in [1.807, 2.05) is 18.2 Å². The minimum Gasteiger partial charge on any atom is -0.493 e. The Balaban J connectivity index is 2.03. The summed E-state index contributed by atoms with van der Waals surface area (Å²) < 4.78 is 11.4. The third-order valence-corrected chi connectivity index (χ3v) is 3.16. The molecule has 0 atom stereocenters. The van der Waals surface area contributed by atoms with Gasteiger partial charge < -0.3 is 14.8 Å². The van der Waals surface area contributed by atoms with Crippen molar-refractivity contribution in [2.24, 2.45) is 0 Å². The predicted octanol–water partition coefficient (Wildman–Crippen LogP) is 3.86. The standard InChI is InChI=1S/C16H22ClNO2/c1-3-8-19-15-7-4-13(10-18-14-5-6-14)16(9-15)20-11-12(2)17/h4,7,9,14,18H,2-3,5-6,8,10-11H2,1H3. The number of hydrogen-bond acceptors (Lipinski definition) is 3. The van der Waals surface area contributed by atoms with Crippen LogP contribution >= 0.6 is 11.6 Å². The van der Waals surface area contributed by atoms with Crippen LogP contribution in [-0.4, -0.2) is 19.3 Å². The lowest BCUT2D eigenvalue weighted by Gasteiger charge is -2.14. The van der Waals surface area contributed by atoms with Crippen molar-refractivity contribution in [2.75, 3.05) is 13.2 Å². The van der Waals surface area contributed by atoms with Gasteiger partial charge in [-0.25, -0.2) is 0 Å². The van der Waals surface area contributed by atoms with Gasteiger partial charge in [0.2, 0.25) is 0 Å². The maximum Gasteiger partial charge on any atom is 0.128 e. The van der Waals surface area contributed by atoms with Gasteiger partial charge >= 0.3 is 0 Å². The molecular formula is C16H22ClNO2. The third-order valence-electron chi connectivity index (χ3n) is 3.05. The molecule has 1 aliphatic carbocycles. The van der Waals surface area contributed by atoms with Crippen LogP contribution < -0.4 is 14.8 Å². The quantitative estimate of drug-likeness (QED) is 0.750. The van der Waals surface area contributed by atoms with E-state index in [-0.39, 0.29) is 0 Å². The Morgan fingerprint density at radius 1 is 1.40 bits per heavy atom. The van der Waals surface area contributed by atoms with Crippen molar-refractivity contribution < 1.29 is 9.47 Å². The fraction of sp³-hybridized carbons (Fsp3) is 0.500. The van der Waals surface area contributed by atoms with E-state index < -0.39 is 0 Å². The predicted molar refractivity (Wildman–Crippen MR) is 82.6 cm³/mol. The van der Waals surface area contributed by atoms with Crippen molar-refractivity contribution in [2.45, 2.75) is 38.8 Å². The molecule has 1 aromatic carbocycles. The van der Waals surface area contributed by atoms with Crippen LogP contribution in [-0.2, 0) is 6.54 Å². The summed E-state index contributed by atoms with van der Waals surface area (Å²) in [5.74, 6) is 1.64. The number of nitrogens with one attached hydrogen (secondary N) is 1. The number of benzene rings is 1. The summed E-state index contributed by atoms with van der Waals surface area (Å²) in [5.41, 5.74) is 1.12. The van der Waals surface area contributed by atoms with Crippen LogP contribution in [0.1, 0.15) is 31.7 Å². The van der Waals surface area contributed by atoms with Crippen LogP contribution in [0.3, 0.4) is 0 Å². The van der Waals surface area contributed by atoms with E-state index in [0.29, 0.717) is 24.3 Å². The first-order valence-corrected chi connectivity index (χ1v) is 7.52. The second-order valence-electron chi connectivity index (χ2n) is 5.08. The van der Waals surface area contributed by atoms with Gasteiger partial charge in [0.1, 0.15) is 18.1 Å². The van der Waals surface area contributed by atoms with Gasteiger partial charge in [0.15, 0.2) is 0 Å². The Labute approximate surface area is 125 Å². The third kappa shape index (κ3) is 5.06. The first kappa shape index (κ1) is 15.2. The van der Waals surface area contributed by atoms with Crippen LogP contribution in [0.2, 0.25) is 0 Å². The van der Waals surface area contributed by atoms with Crippen LogP contribution in [0.5, 0.6) is 11.5 Å². The molecule has 0 aliphatic heterocycles. The van der Waals surface area contributed by atoms with Gasteiger partial charge in [-0.15, -0.1) is 0 Å². The number of ether oxygens (including phenoxy) is 2. The van der Waals surface area contributed by atoms with E-state index in [0.717, 1.165) is 30.0 Å². The summed E-state index contributed by atoms with van der Waals surface area (Å²) in [6, 6.07) is 6.63. The SMILES string of the molecule is C=C(Cl)COc1cc(OCCC)ccc1CNC1CC1. The molecule has 0 radical (unpaired) electrons. The summed E-state index contributed by atoms with van der Waals surface area (Å²) in [5, 5.41) is 3.98. The van der Waals surface area contributed by atoms with Gasteiger partial charge in [0.25, 0.3) is 0 Å². The highest BCUT2D eigenvalue weighted by Crippen LogP contribution is 2.27. The molecule has 1 aromatic rings. The normalized spacial score (nSPS) is 14.1. The van der Waals surface area contributed by atoms with Gasteiger partial charge in [-0.3, -0.25) is 0 Å². The van der Waals surface area contributed by atoms with E-state index in [1.54, 1.807) is 0 Å².